The van der Waals surface area contributed by atoms with Gasteiger partial charge in [-0.25, -0.2) is 4.39 Å². The third-order valence-electron chi connectivity index (χ3n) is 3.28. The molecule has 0 amide bonds. The minimum absolute atomic E-state index is 0.0387. The molecule has 3 rings (SSSR count). The van der Waals surface area contributed by atoms with Crippen LogP contribution in [0.15, 0.2) is 59.2 Å². The molecule has 2 nitrogen and oxygen atoms in total. The number of benzene rings is 2. The van der Waals surface area contributed by atoms with Crippen LogP contribution in [-0.2, 0) is 6.42 Å². The fourth-order valence-corrected chi connectivity index (χ4v) is 2.61. The molecule has 0 saturated carbocycles. The maximum absolute atomic E-state index is 13.7. The van der Waals surface area contributed by atoms with E-state index in [-0.39, 0.29) is 18.0 Å². The average molecular weight is 344 g/mol. The van der Waals surface area contributed by atoms with E-state index in [2.05, 4.69) is 20.9 Å². The number of aromatic nitrogens is 1. The summed E-state index contributed by atoms with van der Waals surface area (Å²) in [5.74, 6) is -0.480. The lowest BCUT2D eigenvalue weighted by atomic mass is 10.0. The van der Waals surface area contributed by atoms with Gasteiger partial charge in [0.2, 0.25) is 0 Å². The van der Waals surface area contributed by atoms with E-state index in [0.717, 1.165) is 15.4 Å². The number of pyridine rings is 1. The van der Waals surface area contributed by atoms with E-state index < -0.39 is 0 Å². The van der Waals surface area contributed by atoms with Crippen molar-refractivity contribution in [3.05, 3.63) is 76.1 Å². The number of nitrogens with zero attached hydrogens (tertiary/aromatic N) is 1. The minimum Gasteiger partial charge on any atom is -0.294 e. The summed E-state index contributed by atoms with van der Waals surface area (Å²) in [5, 5.41) is 0.901. The normalized spacial score (nSPS) is 10.8. The maximum atomic E-state index is 13.7. The number of fused-ring (bicyclic) bond motifs is 1. The van der Waals surface area contributed by atoms with E-state index in [1.54, 1.807) is 36.5 Å². The highest BCUT2D eigenvalue weighted by molar-refractivity contribution is 9.10. The van der Waals surface area contributed by atoms with Gasteiger partial charge in [0.1, 0.15) is 5.82 Å². The predicted octanol–water partition coefficient (Wildman–Crippen LogP) is 4.56. The Bertz CT molecular complexity index is 832. The van der Waals surface area contributed by atoms with Crippen LogP contribution in [0.3, 0.4) is 0 Å². The number of hydrogen-bond donors (Lipinski definition) is 0. The first-order valence-corrected chi connectivity index (χ1v) is 7.25. The molecule has 0 atom stereocenters. The summed E-state index contributed by atoms with van der Waals surface area (Å²) >= 11 is 3.29. The third kappa shape index (κ3) is 3.00. The largest absolute Gasteiger partial charge is 0.294 e. The summed E-state index contributed by atoms with van der Waals surface area (Å²) in [4.78, 5) is 16.5. The first kappa shape index (κ1) is 13.9. The summed E-state index contributed by atoms with van der Waals surface area (Å²) in [6.45, 7) is 0. The van der Waals surface area contributed by atoms with Crippen LogP contribution >= 0.6 is 15.9 Å². The fraction of sp³-hybridized carbons (Fsp3) is 0.0588. The molecule has 0 spiro atoms. The Kier molecular flexibility index (Phi) is 3.80. The van der Waals surface area contributed by atoms with Gasteiger partial charge in [-0.3, -0.25) is 9.78 Å². The second kappa shape index (κ2) is 5.74. The summed E-state index contributed by atoms with van der Waals surface area (Å²) in [6.07, 6.45) is 1.75. The zero-order valence-electron chi connectivity index (χ0n) is 11.0. The monoisotopic (exact) mass is 343 g/mol. The smallest absolute Gasteiger partial charge is 0.167 e. The van der Waals surface area contributed by atoms with Crippen LogP contribution in [-0.4, -0.2) is 10.8 Å². The highest BCUT2D eigenvalue weighted by Crippen LogP contribution is 2.19. The van der Waals surface area contributed by atoms with Crippen molar-refractivity contribution in [2.45, 2.75) is 6.42 Å². The Morgan fingerprint density at radius 1 is 1.14 bits per heavy atom. The lowest BCUT2D eigenvalue weighted by molar-refractivity contribution is 0.0992. The van der Waals surface area contributed by atoms with Crippen LogP contribution in [0.2, 0.25) is 0 Å². The van der Waals surface area contributed by atoms with E-state index >= 15 is 0 Å². The highest BCUT2D eigenvalue weighted by Gasteiger charge is 2.11. The molecule has 104 valence electrons. The van der Waals surface area contributed by atoms with Gasteiger partial charge >= 0.3 is 0 Å². The van der Waals surface area contributed by atoms with Gasteiger partial charge in [-0.2, -0.15) is 0 Å². The molecule has 0 aliphatic rings. The lowest BCUT2D eigenvalue weighted by Crippen LogP contribution is -2.05. The van der Waals surface area contributed by atoms with Gasteiger partial charge < -0.3 is 0 Å². The molecule has 0 fully saturated rings. The van der Waals surface area contributed by atoms with Gasteiger partial charge in [0, 0.05) is 28.0 Å². The predicted molar refractivity (Wildman–Crippen MR) is 83.9 cm³/mol. The number of hydrogen-bond acceptors (Lipinski definition) is 2. The fourth-order valence-electron chi connectivity index (χ4n) is 2.20. The average Bonchev–Trinajstić information content (AvgIpc) is 2.50. The van der Waals surface area contributed by atoms with Crippen LogP contribution in [0.25, 0.3) is 10.9 Å². The van der Waals surface area contributed by atoms with Crippen molar-refractivity contribution in [1.82, 2.24) is 4.98 Å². The molecule has 0 saturated heterocycles. The Morgan fingerprint density at radius 3 is 2.86 bits per heavy atom. The lowest BCUT2D eigenvalue weighted by Gasteiger charge is -2.05. The Morgan fingerprint density at radius 2 is 2.00 bits per heavy atom. The molecule has 0 unspecified atom stereocenters. The van der Waals surface area contributed by atoms with Crippen molar-refractivity contribution >= 4 is 32.6 Å². The SMILES string of the molecule is O=C(Cc1cc(Br)ccc1F)c1ccc2ncccc2c1. The summed E-state index contributed by atoms with van der Waals surface area (Å²) in [6, 6.07) is 13.7. The van der Waals surface area contributed by atoms with Crippen molar-refractivity contribution < 1.29 is 9.18 Å². The number of Topliss-reactive ketones (excluding diaryl/α,β-unsaturated/α-hetero) is 1. The van der Waals surface area contributed by atoms with Gasteiger partial charge in [-0.15, -0.1) is 0 Å². The summed E-state index contributed by atoms with van der Waals surface area (Å²) in [5.41, 5.74) is 1.79. The molecule has 2 aromatic carbocycles. The van der Waals surface area contributed by atoms with E-state index in [4.69, 9.17) is 0 Å². The second-order valence-corrected chi connectivity index (χ2v) is 5.66. The van der Waals surface area contributed by atoms with E-state index in [1.807, 2.05) is 12.1 Å². The number of ketones is 1. The molecule has 3 aromatic rings. The van der Waals surface area contributed by atoms with Gasteiger partial charge in [-0.1, -0.05) is 22.0 Å². The molecule has 0 aliphatic heterocycles. The van der Waals surface area contributed by atoms with Crippen molar-refractivity contribution in [1.29, 1.82) is 0 Å². The zero-order chi connectivity index (χ0) is 14.8. The zero-order valence-corrected chi connectivity index (χ0v) is 12.6. The number of carbonyl (C=O) groups excluding carboxylic acids is 1. The quantitative estimate of drug-likeness (QED) is 0.652. The van der Waals surface area contributed by atoms with Crippen LogP contribution in [0.4, 0.5) is 4.39 Å². The van der Waals surface area contributed by atoms with E-state index in [0.29, 0.717) is 11.1 Å². The molecular formula is C17H11BrFNO. The van der Waals surface area contributed by atoms with Gasteiger partial charge in [0.05, 0.1) is 5.52 Å². The van der Waals surface area contributed by atoms with Crippen molar-refractivity contribution in [3.63, 3.8) is 0 Å². The van der Waals surface area contributed by atoms with Crippen LogP contribution in [0.1, 0.15) is 15.9 Å². The van der Waals surface area contributed by atoms with Gasteiger partial charge in [0.25, 0.3) is 0 Å². The number of carbonyl (C=O) groups is 1. The Hall–Kier alpha value is -2.07. The van der Waals surface area contributed by atoms with Crippen molar-refractivity contribution in [2.24, 2.45) is 0 Å². The van der Waals surface area contributed by atoms with Crippen molar-refractivity contribution in [2.75, 3.05) is 0 Å². The molecular weight excluding hydrogens is 333 g/mol. The number of halogens is 2. The summed E-state index contributed by atoms with van der Waals surface area (Å²) in [7, 11) is 0. The number of rotatable bonds is 3. The molecule has 0 radical (unpaired) electrons. The molecule has 0 N–H and O–H groups in total. The first-order valence-electron chi connectivity index (χ1n) is 6.45. The maximum Gasteiger partial charge on any atom is 0.167 e. The van der Waals surface area contributed by atoms with E-state index in [1.165, 1.54) is 6.07 Å². The summed E-state index contributed by atoms with van der Waals surface area (Å²) < 4.78 is 14.5. The molecule has 0 bridgehead atoms. The molecule has 4 heteroatoms. The second-order valence-electron chi connectivity index (χ2n) is 4.75. The van der Waals surface area contributed by atoms with Gasteiger partial charge in [0.15, 0.2) is 5.78 Å². The molecule has 1 heterocycles. The first-order chi connectivity index (χ1) is 10.1. The van der Waals surface area contributed by atoms with Crippen LogP contribution in [0, 0.1) is 5.82 Å². The van der Waals surface area contributed by atoms with Crippen molar-refractivity contribution in [3.8, 4) is 0 Å². The van der Waals surface area contributed by atoms with Gasteiger partial charge in [-0.05, 0) is 48.0 Å². The standard InChI is InChI=1S/C17H11BrFNO/c18-14-4-5-15(19)13(9-14)10-17(21)12-3-6-16-11(8-12)2-1-7-20-16/h1-9H,10H2. The Balaban J connectivity index is 1.91. The third-order valence-corrected chi connectivity index (χ3v) is 3.78. The van der Waals surface area contributed by atoms with Crippen LogP contribution < -0.4 is 0 Å². The van der Waals surface area contributed by atoms with Crippen LogP contribution in [0.5, 0.6) is 0 Å². The van der Waals surface area contributed by atoms with E-state index in [9.17, 15) is 9.18 Å². The minimum atomic E-state index is -0.367. The molecule has 21 heavy (non-hydrogen) atoms. The topological polar surface area (TPSA) is 30.0 Å². The highest BCUT2D eigenvalue weighted by atomic mass is 79.9. The molecule has 0 aliphatic carbocycles. The molecule has 1 aromatic heterocycles. The Labute approximate surface area is 129 Å².